The smallest absolute Gasteiger partial charge is 0.320 e. The van der Waals surface area contributed by atoms with Crippen LogP contribution in [0.15, 0.2) is 12.1 Å². The van der Waals surface area contributed by atoms with Crippen LogP contribution in [0.5, 0.6) is 11.8 Å². The third-order valence-corrected chi connectivity index (χ3v) is 12.1. The molecule has 8 rings (SSSR count). The molecule has 2 atom stereocenters. The van der Waals surface area contributed by atoms with Gasteiger partial charge in [0.2, 0.25) is 0 Å². The van der Waals surface area contributed by atoms with Crippen molar-refractivity contribution in [3.05, 3.63) is 34.4 Å². The summed E-state index contributed by atoms with van der Waals surface area (Å²) in [4.78, 5) is 30.7. The fourth-order valence-electron chi connectivity index (χ4n) is 7.93. The third-order valence-electron chi connectivity index (χ3n) is 10.7. The minimum atomic E-state index is -0.769. The summed E-state index contributed by atoms with van der Waals surface area (Å²) in [5, 5.41) is 10.6. The van der Waals surface area contributed by atoms with Crippen molar-refractivity contribution in [2.75, 3.05) is 63.6 Å². The van der Waals surface area contributed by atoms with Gasteiger partial charge >= 0.3 is 12.0 Å². The summed E-state index contributed by atoms with van der Waals surface area (Å²) >= 11 is 8.01. The summed E-state index contributed by atoms with van der Waals surface area (Å²) in [6.45, 7) is 6.35. The fraction of sp³-hybridized carbons (Fsp3) is 0.486. The summed E-state index contributed by atoms with van der Waals surface area (Å²) < 4.78 is 45.2. The average molecular weight is 723 g/mol. The predicted octanol–water partition coefficient (Wildman–Crippen LogP) is 6.25. The molecule has 0 saturated carbocycles. The number of nitrogens with zero attached hydrogens (tertiary/aromatic N) is 7. The Kier molecular flexibility index (Phi) is 8.48. The van der Waals surface area contributed by atoms with E-state index in [9.17, 15) is 10.1 Å². The minimum Gasteiger partial charge on any atom is -0.489 e. The van der Waals surface area contributed by atoms with E-state index in [0.717, 1.165) is 50.2 Å². The number of carbonyl (C=O) groups is 1. The first kappa shape index (κ1) is 33.0. The van der Waals surface area contributed by atoms with Crippen molar-refractivity contribution in [1.29, 1.82) is 5.26 Å². The summed E-state index contributed by atoms with van der Waals surface area (Å²) in [6.07, 6.45) is 4.14. The number of halogens is 3. The maximum absolute atomic E-state index is 17.3. The number of thiophene rings is 1. The van der Waals surface area contributed by atoms with Gasteiger partial charge in [-0.1, -0.05) is 17.7 Å². The number of carbonyl (C=O) groups excluding carboxylic acids is 1. The second kappa shape index (κ2) is 12.9. The van der Waals surface area contributed by atoms with Gasteiger partial charge in [0, 0.05) is 49.2 Å². The van der Waals surface area contributed by atoms with E-state index in [2.05, 4.69) is 27.9 Å². The number of anilines is 2. The number of benzene rings is 2. The zero-order valence-corrected chi connectivity index (χ0v) is 29.4. The van der Waals surface area contributed by atoms with Crippen LogP contribution in [0, 0.1) is 23.0 Å². The first-order valence-corrected chi connectivity index (χ1v) is 18.3. The first-order valence-electron chi connectivity index (χ1n) is 17.1. The van der Waals surface area contributed by atoms with E-state index < -0.39 is 11.6 Å². The van der Waals surface area contributed by atoms with Gasteiger partial charge in [-0.25, -0.2) is 13.6 Å². The van der Waals surface area contributed by atoms with Crippen molar-refractivity contribution < 1.29 is 23.0 Å². The molecule has 4 aromatic rings. The number of aromatic nitrogens is 2. The van der Waals surface area contributed by atoms with Gasteiger partial charge in [0.1, 0.15) is 40.9 Å². The zero-order valence-electron chi connectivity index (χ0n) is 27.8. The number of fused-ring (bicyclic) bond motifs is 1. The largest absolute Gasteiger partial charge is 0.489 e. The molecule has 3 fully saturated rings. The molecule has 2 aromatic carbocycles. The second-order valence-electron chi connectivity index (χ2n) is 13.5. The Morgan fingerprint density at radius 3 is 2.54 bits per heavy atom. The molecule has 0 radical (unpaired) electrons. The number of nitrogen functional groups attached to an aromatic ring is 1. The number of rotatable bonds is 5. The molecule has 262 valence electrons. The van der Waals surface area contributed by atoms with Gasteiger partial charge in [0.05, 0.1) is 27.2 Å². The SMILES string of the molecule is C[C@H](Oc1nc2c3c(c(Cl)c(-c4ccc(F)c5sc(N)c(C#N)c45)c(F)c3n1)OCCN2C1CCN(C(=O)N2CCC2)CC1)[C@@H]1CCCN1C. The van der Waals surface area contributed by atoms with Gasteiger partial charge in [-0.05, 0) is 64.3 Å². The molecule has 6 heterocycles. The topological polar surface area (TPSA) is 124 Å². The molecule has 3 saturated heterocycles. The lowest BCUT2D eigenvalue weighted by atomic mass is 9.96. The van der Waals surface area contributed by atoms with Gasteiger partial charge in [-0.2, -0.15) is 15.2 Å². The number of likely N-dealkylation sites (N-methyl/N-ethyl adjacent to an activating group) is 1. The van der Waals surface area contributed by atoms with Crippen LogP contribution in [-0.2, 0) is 0 Å². The molecule has 50 heavy (non-hydrogen) atoms. The number of hydrogen-bond donors (Lipinski definition) is 1. The minimum absolute atomic E-state index is 0.0143. The molecule has 11 nitrogen and oxygen atoms in total. The molecule has 0 bridgehead atoms. The Labute approximate surface area is 297 Å². The van der Waals surface area contributed by atoms with E-state index in [-0.39, 0.29) is 84.9 Å². The lowest BCUT2D eigenvalue weighted by Gasteiger charge is -2.42. The van der Waals surface area contributed by atoms with Crippen LogP contribution in [0.3, 0.4) is 0 Å². The second-order valence-corrected chi connectivity index (χ2v) is 15.0. The van der Waals surface area contributed by atoms with Crippen LogP contribution in [-0.4, -0.2) is 102 Å². The maximum atomic E-state index is 17.3. The number of nitrogens with two attached hydrogens (primary N) is 1. The van der Waals surface area contributed by atoms with Crippen molar-refractivity contribution >= 4 is 60.8 Å². The molecule has 0 aliphatic carbocycles. The number of hydrogen-bond acceptors (Lipinski definition) is 10. The van der Waals surface area contributed by atoms with Crippen molar-refractivity contribution in [2.45, 2.75) is 57.2 Å². The Balaban J connectivity index is 1.27. The van der Waals surface area contributed by atoms with E-state index >= 15 is 8.78 Å². The zero-order chi connectivity index (χ0) is 34.8. The number of urea groups is 1. The molecule has 2 aromatic heterocycles. The number of likely N-dealkylation sites (tertiary alicyclic amines) is 3. The van der Waals surface area contributed by atoms with Crippen LogP contribution in [0.25, 0.3) is 32.1 Å². The quantitative estimate of drug-likeness (QED) is 0.255. The van der Waals surface area contributed by atoms with Crippen LogP contribution < -0.4 is 20.1 Å². The van der Waals surface area contributed by atoms with E-state index in [1.54, 1.807) is 0 Å². The molecule has 0 unspecified atom stereocenters. The highest BCUT2D eigenvalue weighted by Gasteiger charge is 2.37. The highest BCUT2D eigenvalue weighted by Crippen LogP contribution is 2.51. The van der Waals surface area contributed by atoms with Gasteiger partial charge in [-0.15, -0.1) is 11.3 Å². The molecule has 0 spiro atoms. The van der Waals surface area contributed by atoms with Crippen LogP contribution in [0.4, 0.5) is 24.4 Å². The number of ether oxygens (including phenoxy) is 2. The van der Waals surface area contributed by atoms with Crippen molar-refractivity contribution in [3.63, 3.8) is 0 Å². The highest BCUT2D eigenvalue weighted by molar-refractivity contribution is 7.23. The Hall–Kier alpha value is -4.19. The van der Waals surface area contributed by atoms with Crippen molar-refractivity contribution in [2.24, 2.45) is 0 Å². The normalized spacial score (nSPS) is 20.5. The van der Waals surface area contributed by atoms with Gasteiger partial charge in [0.15, 0.2) is 11.6 Å². The summed E-state index contributed by atoms with van der Waals surface area (Å²) in [5.74, 6) is -0.690. The molecule has 2 amide bonds. The Morgan fingerprint density at radius 1 is 1.10 bits per heavy atom. The number of amides is 2. The Morgan fingerprint density at radius 2 is 1.86 bits per heavy atom. The van der Waals surface area contributed by atoms with Gasteiger partial charge in [-0.3, -0.25) is 4.90 Å². The van der Waals surface area contributed by atoms with Crippen LogP contribution in [0.1, 0.15) is 44.6 Å². The lowest BCUT2D eigenvalue weighted by molar-refractivity contribution is 0.112. The summed E-state index contributed by atoms with van der Waals surface area (Å²) in [6, 6.07) is 4.91. The molecular formula is C35H37ClF2N8O3S. The third kappa shape index (κ3) is 5.32. The lowest BCUT2D eigenvalue weighted by Crippen LogP contribution is -2.54. The summed E-state index contributed by atoms with van der Waals surface area (Å²) in [7, 11) is 2.06. The molecular weight excluding hydrogens is 686 g/mol. The number of nitriles is 1. The standard InChI is InChI=1S/C35H37ClF2N8O3S/c1-18(23-5-3-10-43(23)2)49-34-41-29-26-30(27(36)25(28(29)38)20-6-7-22(37)31-24(20)21(17-39)32(40)50-31)48-16-15-46(33(26)42-34)19-8-13-45(14-9-19)35(47)44-11-4-12-44/h6-7,18-19,23H,3-5,8-16,40H2,1-2H3/t18-,23-/m0/s1. The van der Waals surface area contributed by atoms with Crippen molar-refractivity contribution in [3.8, 4) is 29.0 Å². The van der Waals surface area contributed by atoms with E-state index in [1.807, 2.05) is 16.7 Å². The van der Waals surface area contributed by atoms with E-state index in [0.29, 0.717) is 43.7 Å². The van der Waals surface area contributed by atoms with E-state index in [1.165, 1.54) is 12.1 Å². The monoisotopic (exact) mass is 722 g/mol. The Bertz CT molecular complexity index is 2060. The van der Waals surface area contributed by atoms with Crippen molar-refractivity contribution in [1.82, 2.24) is 24.7 Å². The fourth-order valence-corrected chi connectivity index (χ4v) is 9.22. The average Bonchev–Trinajstić information content (AvgIpc) is 3.61. The van der Waals surface area contributed by atoms with Gasteiger partial charge < -0.3 is 29.9 Å². The first-order chi connectivity index (χ1) is 24.2. The molecule has 15 heteroatoms. The predicted molar refractivity (Wildman–Crippen MR) is 189 cm³/mol. The molecule has 4 aliphatic heterocycles. The van der Waals surface area contributed by atoms with Crippen LogP contribution in [0.2, 0.25) is 5.02 Å². The van der Waals surface area contributed by atoms with Crippen LogP contribution >= 0.6 is 22.9 Å². The van der Waals surface area contributed by atoms with E-state index in [4.69, 9.17) is 31.8 Å². The molecule has 4 aliphatic rings. The maximum Gasteiger partial charge on any atom is 0.320 e. The highest BCUT2D eigenvalue weighted by atomic mass is 35.5. The number of piperidine rings is 1. The van der Waals surface area contributed by atoms with Gasteiger partial charge in [0.25, 0.3) is 0 Å². The molecule has 2 N–H and O–H groups in total. The summed E-state index contributed by atoms with van der Waals surface area (Å²) in [5.41, 5.74) is 6.26.